The molecule has 0 radical (unpaired) electrons. The van der Waals surface area contributed by atoms with Crippen LogP contribution in [-0.4, -0.2) is 48.0 Å². The summed E-state index contributed by atoms with van der Waals surface area (Å²) in [5.74, 6) is -3.65. The average Bonchev–Trinajstić information content (AvgIpc) is 1.36. The summed E-state index contributed by atoms with van der Waals surface area (Å²) in [5.41, 5.74) is 0. The summed E-state index contributed by atoms with van der Waals surface area (Å²) in [6, 6.07) is 0. The van der Waals surface area contributed by atoms with Crippen molar-refractivity contribution in [2.75, 3.05) is 0 Å². The summed E-state index contributed by atoms with van der Waals surface area (Å²) in [6.45, 7) is 0. The number of hydrogen-bond acceptors (Lipinski definition) is 2. The summed E-state index contributed by atoms with van der Waals surface area (Å²) < 4.78 is 0. The molecule has 0 saturated heterocycles. The molecule has 0 aromatic carbocycles. The van der Waals surface area contributed by atoms with Crippen molar-refractivity contribution >= 4 is 37.8 Å². The third-order valence-corrected chi connectivity index (χ3v) is 0.183. The minimum absolute atomic E-state index is 0. The van der Waals surface area contributed by atoms with Crippen molar-refractivity contribution in [1.29, 1.82) is 0 Å². The molecule has 0 unspecified atom stereocenters. The van der Waals surface area contributed by atoms with E-state index in [0.717, 1.165) is 0 Å². The second-order valence-electron chi connectivity index (χ2n) is 0.610. The minimum atomic E-state index is -1.82. The van der Waals surface area contributed by atoms with Crippen molar-refractivity contribution in [2.45, 2.75) is 0 Å². The molecule has 40 valence electrons. The first-order chi connectivity index (χ1) is 2.64. The SMILES string of the molecule is O=C(O)C(=O)O.[InH3]. The fraction of sp³-hybridized carbons (Fsp3) is 0. The molecule has 5 heteroatoms. The van der Waals surface area contributed by atoms with Gasteiger partial charge in [0, 0.05) is 0 Å². The van der Waals surface area contributed by atoms with Crippen LogP contribution in [0.15, 0.2) is 0 Å². The molecular weight excluding hydrogens is 203 g/mol. The Morgan fingerprint density at radius 3 is 1.14 bits per heavy atom. The molecule has 0 aromatic heterocycles. The molecule has 0 aliphatic heterocycles. The van der Waals surface area contributed by atoms with Gasteiger partial charge in [-0.05, 0) is 0 Å². The van der Waals surface area contributed by atoms with E-state index in [1.807, 2.05) is 0 Å². The van der Waals surface area contributed by atoms with E-state index in [1.165, 1.54) is 0 Å². The molecule has 0 fully saturated rings. The quantitative estimate of drug-likeness (QED) is 0.450. The second kappa shape index (κ2) is 3.98. The number of hydrogen-bond donors (Lipinski definition) is 2. The Morgan fingerprint density at radius 2 is 1.14 bits per heavy atom. The molecule has 0 saturated carbocycles. The van der Waals surface area contributed by atoms with Gasteiger partial charge in [-0.1, -0.05) is 0 Å². The molecule has 0 rings (SSSR count). The summed E-state index contributed by atoms with van der Waals surface area (Å²) in [6.07, 6.45) is 0. The number of aliphatic carboxylic acids is 2. The summed E-state index contributed by atoms with van der Waals surface area (Å²) in [4.78, 5) is 18.2. The van der Waals surface area contributed by atoms with E-state index >= 15 is 0 Å². The predicted octanol–water partition coefficient (Wildman–Crippen LogP) is -2.03. The Kier molecular flexibility index (Phi) is 5.65. The third-order valence-electron chi connectivity index (χ3n) is 0.183. The van der Waals surface area contributed by atoms with Crippen molar-refractivity contribution < 1.29 is 19.8 Å². The van der Waals surface area contributed by atoms with Crippen LogP contribution in [0.1, 0.15) is 0 Å². The number of carbonyl (C=O) groups is 2. The first-order valence-electron chi connectivity index (χ1n) is 1.11. The van der Waals surface area contributed by atoms with E-state index in [4.69, 9.17) is 19.8 Å². The molecule has 0 aliphatic carbocycles. The van der Waals surface area contributed by atoms with Gasteiger partial charge in [0.15, 0.2) is 0 Å². The van der Waals surface area contributed by atoms with E-state index in [9.17, 15) is 0 Å². The maximum absolute atomic E-state index is 9.10. The standard InChI is InChI=1S/C2H2O4.In.3H/c3-1(4)2(5)6;;;;/h(H,3,4)(H,5,6);;;;. The van der Waals surface area contributed by atoms with Gasteiger partial charge in [-0.25, -0.2) is 9.59 Å². The van der Waals surface area contributed by atoms with Gasteiger partial charge >= 0.3 is 37.8 Å². The van der Waals surface area contributed by atoms with Crippen molar-refractivity contribution in [3.8, 4) is 0 Å². The third kappa shape index (κ3) is 5.81. The first kappa shape index (κ1) is 9.94. The molecule has 0 aliphatic rings. The molecule has 0 heterocycles. The second-order valence-corrected chi connectivity index (χ2v) is 0.610. The molecule has 7 heavy (non-hydrogen) atoms. The van der Waals surface area contributed by atoms with Gasteiger partial charge < -0.3 is 10.2 Å². The van der Waals surface area contributed by atoms with Crippen LogP contribution < -0.4 is 0 Å². The average molecular weight is 208 g/mol. The zero-order valence-electron chi connectivity index (χ0n) is 2.71. The molecule has 0 bridgehead atoms. The van der Waals surface area contributed by atoms with Crippen molar-refractivity contribution in [3.05, 3.63) is 0 Å². The number of carboxylic acid groups (broad SMARTS) is 2. The van der Waals surface area contributed by atoms with E-state index < -0.39 is 11.9 Å². The molecule has 4 nitrogen and oxygen atoms in total. The van der Waals surface area contributed by atoms with Crippen LogP contribution in [0.25, 0.3) is 0 Å². The van der Waals surface area contributed by atoms with Gasteiger partial charge in [-0.15, -0.1) is 0 Å². The fourth-order valence-corrected chi connectivity index (χ4v) is 0. The van der Waals surface area contributed by atoms with Crippen molar-refractivity contribution in [2.24, 2.45) is 0 Å². The molecule has 0 amide bonds. The summed E-state index contributed by atoms with van der Waals surface area (Å²) in [7, 11) is 0. The molecule has 2 N–H and O–H groups in total. The van der Waals surface area contributed by atoms with Gasteiger partial charge in [0.25, 0.3) is 0 Å². The molecule has 0 atom stereocenters. The van der Waals surface area contributed by atoms with Gasteiger partial charge in [-0.3, -0.25) is 0 Å². The van der Waals surface area contributed by atoms with Crippen LogP contribution >= 0.6 is 0 Å². The molecule has 0 aromatic rings. The maximum atomic E-state index is 9.10. The zero-order chi connectivity index (χ0) is 5.15. The predicted molar refractivity (Wildman–Crippen MR) is 25.2 cm³/mol. The Balaban J connectivity index is 0. The molecular formula is C2H5InO4. The van der Waals surface area contributed by atoms with Crippen LogP contribution in [0.2, 0.25) is 0 Å². The Bertz CT molecular complexity index is 75.7. The number of carboxylic acids is 2. The van der Waals surface area contributed by atoms with E-state index in [0.29, 0.717) is 0 Å². The van der Waals surface area contributed by atoms with Crippen LogP contribution in [-0.2, 0) is 9.59 Å². The first-order valence-corrected chi connectivity index (χ1v) is 1.11. The van der Waals surface area contributed by atoms with Gasteiger partial charge in [0.2, 0.25) is 0 Å². The Morgan fingerprint density at radius 1 is 1.00 bits per heavy atom. The van der Waals surface area contributed by atoms with Gasteiger partial charge in [0.1, 0.15) is 0 Å². The van der Waals surface area contributed by atoms with Crippen molar-refractivity contribution in [1.82, 2.24) is 0 Å². The Labute approximate surface area is 57.9 Å². The van der Waals surface area contributed by atoms with Crippen LogP contribution in [0.3, 0.4) is 0 Å². The fourth-order valence-electron chi connectivity index (χ4n) is 0. The monoisotopic (exact) mass is 208 g/mol. The van der Waals surface area contributed by atoms with Crippen LogP contribution in [0, 0.1) is 0 Å². The van der Waals surface area contributed by atoms with E-state index in [1.54, 1.807) is 0 Å². The van der Waals surface area contributed by atoms with Crippen molar-refractivity contribution in [3.63, 3.8) is 0 Å². The van der Waals surface area contributed by atoms with Crippen LogP contribution in [0.4, 0.5) is 0 Å². The van der Waals surface area contributed by atoms with Crippen LogP contribution in [0.5, 0.6) is 0 Å². The summed E-state index contributed by atoms with van der Waals surface area (Å²) >= 11 is 0. The van der Waals surface area contributed by atoms with Gasteiger partial charge in [0.05, 0.1) is 0 Å². The normalized spacial score (nSPS) is 6.29. The topological polar surface area (TPSA) is 74.6 Å². The summed E-state index contributed by atoms with van der Waals surface area (Å²) in [5, 5.41) is 14.8. The Hall–Kier alpha value is -0.190. The zero-order valence-corrected chi connectivity index (χ0v) is 2.71. The van der Waals surface area contributed by atoms with E-state index in [-0.39, 0.29) is 25.8 Å². The van der Waals surface area contributed by atoms with E-state index in [2.05, 4.69) is 0 Å². The number of rotatable bonds is 0. The van der Waals surface area contributed by atoms with Gasteiger partial charge in [-0.2, -0.15) is 0 Å². The molecule has 0 spiro atoms.